The van der Waals surface area contributed by atoms with Gasteiger partial charge in [0.15, 0.2) is 0 Å². The van der Waals surface area contributed by atoms with Gasteiger partial charge in [0, 0.05) is 12.4 Å². The van der Waals surface area contributed by atoms with Crippen LogP contribution in [0.2, 0.25) is 0 Å². The maximum Gasteiger partial charge on any atom is 0.128 e. The largest absolute Gasteiger partial charge is 0.257 e. The van der Waals surface area contributed by atoms with Gasteiger partial charge in [-0.15, -0.1) is 0 Å². The maximum absolute atomic E-state index is 8.95. The Morgan fingerprint density at radius 2 is 2.19 bits per heavy atom. The lowest BCUT2D eigenvalue weighted by atomic mass is 10.2. The van der Waals surface area contributed by atoms with Crippen LogP contribution >= 0.6 is 0 Å². The van der Waals surface area contributed by atoms with E-state index in [1.54, 1.807) is 24.5 Å². The van der Waals surface area contributed by atoms with E-state index in [1.807, 2.05) is 18.2 Å². The topological polar surface area (TPSA) is 78.3 Å². The lowest BCUT2D eigenvalue weighted by molar-refractivity contribution is 0.711. The molecule has 76 valence electrons. The molecule has 0 fully saturated rings. The predicted molar refractivity (Wildman–Crippen MR) is 55.8 cm³/mol. The van der Waals surface area contributed by atoms with Crippen molar-refractivity contribution >= 4 is 0 Å². The highest BCUT2D eigenvalue weighted by atomic mass is 15.3. The lowest BCUT2D eigenvalue weighted by Crippen LogP contribution is -1.95. The lowest BCUT2D eigenvalue weighted by Gasteiger charge is -1.94. The fourth-order valence-corrected chi connectivity index (χ4v) is 1.35. The van der Waals surface area contributed by atoms with E-state index in [-0.39, 0.29) is 6.54 Å². The summed E-state index contributed by atoms with van der Waals surface area (Å²) in [4.78, 5) is 4.12. The van der Waals surface area contributed by atoms with Crippen molar-refractivity contribution in [1.82, 2.24) is 14.8 Å². The summed E-state index contributed by atoms with van der Waals surface area (Å²) in [6.45, 7) is 0.127. The molecule has 0 atom stereocenters. The van der Waals surface area contributed by atoms with Gasteiger partial charge in [0.1, 0.15) is 18.3 Å². The van der Waals surface area contributed by atoms with Crippen molar-refractivity contribution in [2.75, 3.05) is 0 Å². The van der Waals surface area contributed by atoms with E-state index in [0.29, 0.717) is 17.0 Å². The van der Waals surface area contributed by atoms with Crippen LogP contribution in [0.25, 0.3) is 11.4 Å². The van der Waals surface area contributed by atoms with Crippen LogP contribution in [0.1, 0.15) is 5.56 Å². The van der Waals surface area contributed by atoms with Crippen molar-refractivity contribution in [2.24, 2.45) is 0 Å². The van der Waals surface area contributed by atoms with E-state index in [0.717, 1.165) is 0 Å². The van der Waals surface area contributed by atoms with E-state index in [9.17, 15) is 0 Å². The third-order valence-electron chi connectivity index (χ3n) is 2.02. The molecule has 5 nitrogen and oxygen atoms in total. The molecule has 0 radical (unpaired) electrons. The van der Waals surface area contributed by atoms with Gasteiger partial charge in [-0.05, 0) is 12.1 Å². The van der Waals surface area contributed by atoms with Gasteiger partial charge in [0.25, 0.3) is 0 Å². The van der Waals surface area contributed by atoms with E-state index in [2.05, 4.69) is 10.1 Å². The maximum atomic E-state index is 8.95. The van der Waals surface area contributed by atoms with Gasteiger partial charge in [0.05, 0.1) is 17.3 Å². The number of hydrogen-bond donors (Lipinski definition) is 0. The zero-order valence-electron chi connectivity index (χ0n) is 8.33. The first-order chi connectivity index (χ1) is 7.85. The van der Waals surface area contributed by atoms with Crippen LogP contribution in [0.5, 0.6) is 0 Å². The fourth-order valence-electron chi connectivity index (χ4n) is 1.35. The summed E-state index contributed by atoms with van der Waals surface area (Å²) >= 11 is 0. The highest BCUT2D eigenvalue weighted by Crippen LogP contribution is 2.18. The predicted octanol–water partition coefficient (Wildman–Crippen LogP) is 1.34. The first kappa shape index (κ1) is 9.88. The van der Waals surface area contributed by atoms with E-state index in [1.165, 1.54) is 4.68 Å². The van der Waals surface area contributed by atoms with Crippen molar-refractivity contribution < 1.29 is 0 Å². The Morgan fingerprint density at radius 3 is 2.81 bits per heavy atom. The number of nitriles is 2. The van der Waals surface area contributed by atoms with Crippen LogP contribution in [0.15, 0.2) is 30.6 Å². The molecule has 0 saturated heterocycles. The first-order valence-electron chi connectivity index (χ1n) is 4.61. The van der Waals surface area contributed by atoms with Gasteiger partial charge >= 0.3 is 0 Å². The number of pyridine rings is 1. The molecule has 2 aromatic heterocycles. The van der Waals surface area contributed by atoms with Crippen LogP contribution in [-0.2, 0) is 6.54 Å². The highest BCUT2D eigenvalue weighted by molar-refractivity contribution is 5.61. The SMILES string of the molecule is N#CCn1cc(C#N)c(-c2ccccn2)n1. The van der Waals surface area contributed by atoms with Gasteiger partial charge in [-0.3, -0.25) is 9.67 Å². The molecule has 0 bridgehead atoms. The Kier molecular flexibility index (Phi) is 2.62. The van der Waals surface area contributed by atoms with Crippen LogP contribution < -0.4 is 0 Å². The monoisotopic (exact) mass is 209 g/mol. The molecule has 0 aliphatic heterocycles. The summed E-state index contributed by atoms with van der Waals surface area (Å²) in [7, 11) is 0. The second-order valence-corrected chi connectivity index (χ2v) is 3.07. The van der Waals surface area contributed by atoms with Gasteiger partial charge in [-0.25, -0.2) is 0 Å². The summed E-state index contributed by atoms with van der Waals surface area (Å²) in [6.07, 6.45) is 3.19. The number of nitrogens with zero attached hydrogens (tertiary/aromatic N) is 5. The Hall–Kier alpha value is -2.66. The van der Waals surface area contributed by atoms with Gasteiger partial charge in [0.2, 0.25) is 0 Å². The normalized spacial score (nSPS) is 9.38. The minimum atomic E-state index is 0.127. The summed E-state index contributed by atoms with van der Waals surface area (Å²) in [5.41, 5.74) is 1.57. The zero-order chi connectivity index (χ0) is 11.4. The minimum absolute atomic E-state index is 0.127. The average molecular weight is 209 g/mol. The molecule has 0 spiro atoms. The van der Waals surface area contributed by atoms with Crippen molar-refractivity contribution in [3.8, 4) is 23.5 Å². The van der Waals surface area contributed by atoms with E-state index in [4.69, 9.17) is 10.5 Å². The van der Waals surface area contributed by atoms with Crippen molar-refractivity contribution in [1.29, 1.82) is 10.5 Å². The van der Waals surface area contributed by atoms with Gasteiger partial charge in [-0.1, -0.05) is 6.07 Å². The smallest absolute Gasteiger partial charge is 0.128 e. The third-order valence-corrected chi connectivity index (χ3v) is 2.02. The van der Waals surface area contributed by atoms with E-state index >= 15 is 0 Å². The standard InChI is InChI=1S/C11H7N5/c12-4-6-16-8-9(7-13)11(15-16)10-3-1-2-5-14-10/h1-3,5,8H,6H2. The Balaban J connectivity index is 2.50. The average Bonchev–Trinajstić information content (AvgIpc) is 2.74. The van der Waals surface area contributed by atoms with Gasteiger partial charge in [-0.2, -0.15) is 15.6 Å². The van der Waals surface area contributed by atoms with Crippen molar-refractivity contribution in [2.45, 2.75) is 6.54 Å². The second-order valence-electron chi connectivity index (χ2n) is 3.07. The minimum Gasteiger partial charge on any atom is -0.257 e. The number of hydrogen-bond acceptors (Lipinski definition) is 4. The Labute approximate surface area is 92.2 Å². The Morgan fingerprint density at radius 1 is 1.31 bits per heavy atom. The van der Waals surface area contributed by atoms with Crippen LogP contribution in [0, 0.1) is 22.7 Å². The molecule has 16 heavy (non-hydrogen) atoms. The molecule has 0 amide bonds. The third kappa shape index (κ3) is 1.75. The number of aromatic nitrogens is 3. The molecule has 2 rings (SSSR count). The molecule has 0 N–H and O–H groups in total. The molecule has 0 aliphatic rings. The number of rotatable bonds is 2. The fraction of sp³-hybridized carbons (Fsp3) is 0.0909. The molecule has 5 heteroatoms. The first-order valence-corrected chi connectivity index (χ1v) is 4.61. The summed E-state index contributed by atoms with van der Waals surface area (Å²) in [6, 6.07) is 9.41. The van der Waals surface area contributed by atoms with Crippen molar-refractivity contribution in [3.63, 3.8) is 0 Å². The molecular formula is C11H7N5. The second kappa shape index (κ2) is 4.24. The molecule has 2 aromatic rings. The highest BCUT2D eigenvalue weighted by Gasteiger charge is 2.11. The van der Waals surface area contributed by atoms with E-state index < -0.39 is 0 Å². The molecule has 0 aliphatic carbocycles. The molecular weight excluding hydrogens is 202 g/mol. The molecule has 2 heterocycles. The van der Waals surface area contributed by atoms with Crippen molar-refractivity contribution in [3.05, 3.63) is 36.2 Å². The van der Waals surface area contributed by atoms with Crippen LogP contribution in [0.3, 0.4) is 0 Å². The summed E-state index contributed by atoms with van der Waals surface area (Å²) < 4.78 is 1.43. The van der Waals surface area contributed by atoms with Crippen LogP contribution in [0.4, 0.5) is 0 Å². The molecule has 0 saturated carbocycles. The molecule has 0 aromatic carbocycles. The zero-order valence-corrected chi connectivity index (χ0v) is 8.33. The summed E-state index contributed by atoms with van der Waals surface area (Å²) in [5, 5.41) is 21.7. The quantitative estimate of drug-likeness (QED) is 0.747. The van der Waals surface area contributed by atoms with Crippen LogP contribution in [-0.4, -0.2) is 14.8 Å². The summed E-state index contributed by atoms with van der Waals surface area (Å²) in [5.74, 6) is 0. The Bertz CT molecular complexity index is 571. The molecule has 0 unspecified atom stereocenters. The van der Waals surface area contributed by atoms with Gasteiger partial charge < -0.3 is 0 Å².